The number of alkyl halides is 2. The number of benzene rings is 1. The Balaban J connectivity index is 0.00000205. The Morgan fingerprint density at radius 3 is 2.34 bits per heavy atom. The summed E-state index contributed by atoms with van der Waals surface area (Å²) in [6, 6.07) is 7.83. The van der Waals surface area contributed by atoms with Crippen molar-refractivity contribution in [1.82, 2.24) is 4.90 Å². The van der Waals surface area contributed by atoms with Gasteiger partial charge < -0.3 is 10.5 Å². The Labute approximate surface area is 176 Å². The fraction of sp³-hybridized carbons (Fsp3) is 0.682. The van der Waals surface area contributed by atoms with Crippen molar-refractivity contribution in [3.63, 3.8) is 0 Å². The van der Waals surface area contributed by atoms with Gasteiger partial charge in [-0.2, -0.15) is 0 Å². The molecule has 3 aliphatic carbocycles. The van der Waals surface area contributed by atoms with E-state index in [1.54, 1.807) is 13.2 Å². The van der Waals surface area contributed by atoms with Gasteiger partial charge in [0.1, 0.15) is 5.60 Å². The van der Waals surface area contributed by atoms with E-state index in [1.807, 2.05) is 18.2 Å². The van der Waals surface area contributed by atoms with Crippen LogP contribution in [0.15, 0.2) is 24.3 Å². The van der Waals surface area contributed by atoms with Crippen molar-refractivity contribution in [3.05, 3.63) is 35.4 Å². The van der Waals surface area contributed by atoms with Gasteiger partial charge in [0.25, 0.3) is 5.92 Å². The van der Waals surface area contributed by atoms with Gasteiger partial charge >= 0.3 is 0 Å². The summed E-state index contributed by atoms with van der Waals surface area (Å²) in [5.41, 5.74) is 6.62. The van der Waals surface area contributed by atoms with Crippen LogP contribution in [0.1, 0.15) is 48.0 Å². The molecule has 1 amide bonds. The first-order chi connectivity index (χ1) is 13.4. The minimum atomic E-state index is -2.41. The second kappa shape index (κ2) is 7.17. The van der Waals surface area contributed by atoms with Crippen LogP contribution < -0.4 is 5.73 Å². The number of hydrogen-bond donors (Lipinski definition) is 1. The number of likely N-dealkylation sites (tertiary alicyclic amines) is 1. The number of carbonyl (C=O) groups is 1. The van der Waals surface area contributed by atoms with E-state index in [0.29, 0.717) is 30.2 Å². The lowest BCUT2D eigenvalue weighted by molar-refractivity contribution is -0.175. The lowest BCUT2D eigenvalue weighted by atomic mass is 9.62. The predicted molar refractivity (Wildman–Crippen MR) is 108 cm³/mol. The highest BCUT2D eigenvalue weighted by atomic mass is 35.5. The van der Waals surface area contributed by atoms with Crippen LogP contribution in [-0.4, -0.2) is 43.0 Å². The van der Waals surface area contributed by atoms with Gasteiger partial charge in [0, 0.05) is 55.5 Å². The van der Waals surface area contributed by atoms with Crippen LogP contribution in [0.25, 0.3) is 0 Å². The van der Waals surface area contributed by atoms with Crippen molar-refractivity contribution in [3.8, 4) is 0 Å². The van der Waals surface area contributed by atoms with E-state index in [4.69, 9.17) is 10.5 Å². The maximum Gasteiger partial charge on any atom is 0.254 e. The van der Waals surface area contributed by atoms with E-state index in [9.17, 15) is 13.6 Å². The molecule has 29 heavy (non-hydrogen) atoms. The average molecular weight is 427 g/mol. The van der Waals surface area contributed by atoms with Gasteiger partial charge in [-0.3, -0.25) is 9.69 Å². The molecule has 4 nitrogen and oxygen atoms in total. The minimum Gasteiger partial charge on any atom is -0.373 e. The number of ether oxygens (including phenoxy) is 1. The van der Waals surface area contributed by atoms with Crippen molar-refractivity contribution < 1.29 is 18.3 Å². The molecule has 160 valence electrons. The normalized spacial score (nSPS) is 40.0. The van der Waals surface area contributed by atoms with E-state index >= 15 is 0 Å². The van der Waals surface area contributed by atoms with Crippen molar-refractivity contribution >= 4 is 18.3 Å². The van der Waals surface area contributed by atoms with Crippen molar-refractivity contribution in [2.24, 2.45) is 29.4 Å². The number of carbonyl (C=O) groups excluding carboxylic acids is 1. The first-order valence-corrected chi connectivity index (χ1v) is 10.4. The van der Waals surface area contributed by atoms with E-state index in [2.05, 4.69) is 4.90 Å². The zero-order valence-corrected chi connectivity index (χ0v) is 17.5. The lowest BCUT2D eigenvalue weighted by Gasteiger charge is -2.56. The third-order valence-corrected chi connectivity index (χ3v) is 8.10. The molecule has 3 saturated carbocycles. The topological polar surface area (TPSA) is 55.6 Å². The Bertz CT molecular complexity index is 777. The molecule has 0 spiro atoms. The molecule has 4 aliphatic rings. The molecule has 2 N–H and O–H groups in total. The Morgan fingerprint density at radius 2 is 1.79 bits per heavy atom. The summed E-state index contributed by atoms with van der Waals surface area (Å²) in [7, 11) is 1.77. The smallest absolute Gasteiger partial charge is 0.254 e. The van der Waals surface area contributed by atoms with Gasteiger partial charge in [0.2, 0.25) is 5.91 Å². The number of nitrogens with two attached hydrogens (primary N) is 1. The number of methoxy groups -OCH3 is 1. The molecule has 4 atom stereocenters. The largest absolute Gasteiger partial charge is 0.373 e. The lowest BCUT2D eigenvalue weighted by Crippen LogP contribution is -2.60. The maximum atomic E-state index is 13.6. The van der Waals surface area contributed by atoms with E-state index in [0.717, 1.165) is 37.9 Å². The fourth-order valence-corrected chi connectivity index (χ4v) is 6.69. The molecule has 4 unspecified atom stereocenters. The van der Waals surface area contributed by atoms with E-state index in [1.165, 1.54) is 0 Å². The summed E-state index contributed by atoms with van der Waals surface area (Å²) in [4.78, 5) is 14.2. The number of halogens is 3. The van der Waals surface area contributed by atoms with Crippen LogP contribution in [0.2, 0.25) is 0 Å². The molecular formula is C22H29ClF2N2O2. The first kappa shape index (κ1) is 21.0. The Hall–Kier alpha value is -1.24. The minimum absolute atomic E-state index is 0. The molecule has 2 bridgehead atoms. The number of hydrogen-bond acceptors (Lipinski definition) is 3. The molecule has 0 aromatic heterocycles. The third-order valence-electron chi connectivity index (χ3n) is 8.10. The van der Waals surface area contributed by atoms with Gasteiger partial charge in [-0.1, -0.05) is 18.6 Å². The highest BCUT2D eigenvalue weighted by Crippen LogP contribution is 2.65. The van der Waals surface area contributed by atoms with Gasteiger partial charge in [-0.25, -0.2) is 8.78 Å². The molecule has 0 radical (unpaired) electrons. The highest BCUT2D eigenvalue weighted by molar-refractivity contribution is 5.92. The molecule has 1 aliphatic heterocycles. The van der Waals surface area contributed by atoms with Crippen LogP contribution in [0, 0.1) is 23.7 Å². The third kappa shape index (κ3) is 3.02. The zero-order chi connectivity index (χ0) is 19.7. The quantitative estimate of drug-likeness (QED) is 0.796. The van der Waals surface area contributed by atoms with Crippen molar-refractivity contribution in [1.29, 1.82) is 0 Å². The van der Waals surface area contributed by atoms with Crippen molar-refractivity contribution in [2.75, 3.05) is 20.2 Å². The Kier molecular flexibility index (Phi) is 5.20. The number of amides is 1. The van der Waals surface area contributed by atoms with Gasteiger partial charge in [-0.05, 0) is 43.4 Å². The number of nitrogens with zero attached hydrogens (tertiary/aromatic N) is 1. The molecule has 1 heterocycles. The first-order valence-electron chi connectivity index (χ1n) is 10.4. The predicted octanol–water partition coefficient (Wildman–Crippen LogP) is 3.82. The summed E-state index contributed by atoms with van der Waals surface area (Å²) < 4.78 is 33.5. The van der Waals surface area contributed by atoms with Crippen LogP contribution >= 0.6 is 12.4 Å². The SMILES string of the molecule is COC1(c2cccc(C(N)=O)c2)C2CCCC1CN(C1CC3C(C1)C3(F)F)C2.Cl. The number of rotatable bonds is 4. The average Bonchev–Trinajstić information content (AvgIpc) is 3.01. The molecular weight excluding hydrogens is 398 g/mol. The summed E-state index contributed by atoms with van der Waals surface area (Å²) in [5.74, 6) is -3.02. The van der Waals surface area contributed by atoms with Gasteiger partial charge in [-0.15, -0.1) is 12.4 Å². The van der Waals surface area contributed by atoms with Crippen molar-refractivity contribution in [2.45, 2.75) is 49.7 Å². The molecule has 4 fully saturated rings. The molecule has 1 aromatic carbocycles. The summed E-state index contributed by atoms with van der Waals surface area (Å²) >= 11 is 0. The number of piperidine rings is 1. The summed E-state index contributed by atoms with van der Waals surface area (Å²) in [6.45, 7) is 1.75. The van der Waals surface area contributed by atoms with Crippen LogP contribution in [0.3, 0.4) is 0 Å². The molecule has 1 saturated heterocycles. The molecule has 1 aromatic rings. The maximum absolute atomic E-state index is 13.6. The summed E-state index contributed by atoms with van der Waals surface area (Å²) in [6.07, 6.45) is 4.54. The van der Waals surface area contributed by atoms with Crippen LogP contribution in [-0.2, 0) is 10.3 Å². The zero-order valence-electron chi connectivity index (χ0n) is 16.7. The molecule has 5 rings (SSSR count). The number of primary amides is 1. The summed E-state index contributed by atoms with van der Waals surface area (Å²) in [5, 5.41) is 0. The second-order valence-corrected chi connectivity index (χ2v) is 9.23. The van der Waals surface area contributed by atoms with Crippen LogP contribution in [0.4, 0.5) is 8.78 Å². The molecule has 7 heteroatoms. The van der Waals surface area contributed by atoms with Crippen LogP contribution in [0.5, 0.6) is 0 Å². The van der Waals surface area contributed by atoms with Gasteiger partial charge in [0.05, 0.1) is 0 Å². The fourth-order valence-electron chi connectivity index (χ4n) is 6.69. The standard InChI is InChI=1S/C22H28F2N2O2.ClH/c1-28-21(14-5-2-4-13(8-14)20(25)27)15-6-3-7-16(21)12-26(11-15)17-9-18-19(10-17)22(18,23)24;/h2,4-5,8,15-19H,3,6-7,9-12H2,1H3,(H2,25,27);1H. The second-order valence-electron chi connectivity index (χ2n) is 9.23. The monoisotopic (exact) mass is 426 g/mol. The van der Waals surface area contributed by atoms with E-state index in [-0.39, 0.29) is 18.4 Å². The highest BCUT2D eigenvalue weighted by Gasteiger charge is 2.72. The van der Waals surface area contributed by atoms with Gasteiger partial charge in [0.15, 0.2) is 0 Å². The number of fused-ring (bicyclic) bond motifs is 3. The Morgan fingerprint density at radius 1 is 1.17 bits per heavy atom. The van der Waals surface area contributed by atoms with E-state index < -0.39 is 29.3 Å².